The average molecular weight is 615 g/mol. The molecule has 7 nitrogen and oxygen atoms in total. The number of aromatic nitrogens is 3. The molecule has 1 amide bonds. The van der Waals surface area contributed by atoms with Crippen LogP contribution in [0.5, 0.6) is 0 Å². The third-order valence-corrected chi connectivity index (χ3v) is 12.1. The number of allylic oxidation sites excluding steroid dienone is 1. The number of thioether (sulfide) groups is 1. The van der Waals surface area contributed by atoms with E-state index in [2.05, 4.69) is 30.2 Å². The van der Waals surface area contributed by atoms with Gasteiger partial charge in [-0.25, -0.2) is 9.07 Å². The van der Waals surface area contributed by atoms with E-state index in [1.54, 1.807) is 12.4 Å². The summed E-state index contributed by atoms with van der Waals surface area (Å²) < 4.78 is 15.0. The highest BCUT2D eigenvalue weighted by Crippen LogP contribution is 2.67. The number of aliphatic hydroxyl groups is 1. The van der Waals surface area contributed by atoms with Crippen LogP contribution in [0.25, 0.3) is 11.8 Å². The first kappa shape index (κ1) is 29.4. The molecule has 4 aliphatic carbocycles. The number of carbonyl (C=O) groups excluding carboxylic acids is 2. The average Bonchev–Trinajstić information content (AvgIpc) is 3.58. The number of hydrogen-bond acceptors (Lipinski definition) is 6. The predicted octanol–water partition coefficient (Wildman–Crippen LogP) is 6.15. The van der Waals surface area contributed by atoms with Gasteiger partial charge in [-0.1, -0.05) is 43.3 Å². The highest BCUT2D eigenvalue weighted by atomic mass is 32.2. The molecule has 7 unspecified atom stereocenters. The van der Waals surface area contributed by atoms with E-state index in [1.807, 2.05) is 47.3 Å². The summed E-state index contributed by atoms with van der Waals surface area (Å²) in [7, 11) is 0. The number of nitrogens with one attached hydrogen (secondary N) is 1. The van der Waals surface area contributed by atoms with Gasteiger partial charge in [-0.2, -0.15) is 5.10 Å². The van der Waals surface area contributed by atoms with Crippen LogP contribution in [0.2, 0.25) is 0 Å². The standard InChI is InChI=1S/C35H39FN4O3S/c1-34-15-23-19-39-40(25-7-3-6-22(13-25)32(42)38-18-21-5-4-12-37-17-21)29(23)14-24(34)8-9-26-27-10-11-28(33(43)44-20-36)35(27,2)16-30(41)31(26)34/h3-7,12-14,17,19,26-28,30-31,41H,8-11,15-16,18,20H2,1-2H3,(H,38,42). The summed E-state index contributed by atoms with van der Waals surface area (Å²) in [6.07, 6.45) is 12.2. The number of alkyl halides is 1. The number of amides is 1. The summed E-state index contributed by atoms with van der Waals surface area (Å²) in [4.78, 5) is 30.0. The second-order valence-electron chi connectivity index (χ2n) is 13.6. The molecule has 0 aliphatic heterocycles. The minimum atomic E-state index is -0.684. The summed E-state index contributed by atoms with van der Waals surface area (Å²) >= 11 is 0.797. The molecule has 7 atom stereocenters. The van der Waals surface area contributed by atoms with Crippen LogP contribution in [-0.2, 0) is 17.8 Å². The molecule has 0 spiro atoms. The Morgan fingerprint density at radius 2 is 2.02 bits per heavy atom. The van der Waals surface area contributed by atoms with Gasteiger partial charge in [0.15, 0.2) is 5.12 Å². The Labute approximate surface area is 261 Å². The maximum atomic E-state index is 13.1. The van der Waals surface area contributed by atoms with Crippen LogP contribution in [-0.4, -0.2) is 43.0 Å². The van der Waals surface area contributed by atoms with Crippen molar-refractivity contribution in [2.24, 2.45) is 34.5 Å². The van der Waals surface area contributed by atoms with Crippen LogP contribution in [0, 0.1) is 34.5 Å². The van der Waals surface area contributed by atoms with E-state index in [1.165, 1.54) is 5.57 Å². The number of carbonyl (C=O) groups is 2. The fraction of sp³-hybridized carbons (Fsp3) is 0.486. The van der Waals surface area contributed by atoms with Gasteiger partial charge in [-0.15, -0.1) is 0 Å². The molecule has 7 rings (SSSR count). The fourth-order valence-corrected chi connectivity index (χ4v) is 10.2. The highest BCUT2D eigenvalue weighted by Gasteiger charge is 2.63. The minimum absolute atomic E-state index is 0.0458. The van der Waals surface area contributed by atoms with Crippen molar-refractivity contribution >= 4 is 28.9 Å². The molecule has 2 aromatic heterocycles. The van der Waals surface area contributed by atoms with Crippen molar-refractivity contribution in [3.8, 4) is 5.69 Å². The van der Waals surface area contributed by atoms with Crippen LogP contribution in [0.4, 0.5) is 4.39 Å². The quantitative estimate of drug-likeness (QED) is 0.346. The molecule has 0 saturated heterocycles. The van der Waals surface area contributed by atoms with Gasteiger partial charge in [-0.3, -0.25) is 14.6 Å². The van der Waals surface area contributed by atoms with Gasteiger partial charge in [0.05, 0.1) is 23.7 Å². The Bertz CT molecular complexity index is 1620. The number of fused-ring (bicyclic) bond motifs is 6. The first-order valence-corrected chi connectivity index (χ1v) is 16.7. The molecule has 230 valence electrons. The van der Waals surface area contributed by atoms with Crippen LogP contribution in [0.15, 0.2) is 60.6 Å². The molecule has 0 bridgehead atoms. The predicted molar refractivity (Wildman–Crippen MR) is 168 cm³/mol. The lowest BCUT2D eigenvalue weighted by Gasteiger charge is -2.59. The molecule has 44 heavy (non-hydrogen) atoms. The van der Waals surface area contributed by atoms with Gasteiger partial charge in [-0.05, 0) is 109 Å². The van der Waals surface area contributed by atoms with E-state index in [0.29, 0.717) is 30.4 Å². The molecular weight excluding hydrogens is 575 g/mol. The molecule has 0 radical (unpaired) electrons. The second-order valence-corrected chi connectivity index (χ2v) is 14.5. The Hall–Kier alpha value is -3.30. The monoisotopic (exact) mass is 614 g/mol. The number of pyridine rings is 1. The van der Waals surface area contributed by atoms with Gasteiger partial charge < -0.3 is 10.4 Å². The number of hydrogen-bond donors (Lipinski definition) is 2. The first-order chi connectivity index (χ1) is 21.2. The Morgan fingerprint density at radius 3 is 2.82 bits per heavy atom. The minimum Gasteiger partial charge on any atom is -0.393 e. The Morgan fingerprint density at radius 1 is 1.16 bits per heavy atom. The van der Waals surface area contributed by atoms with Crippen molar-refractivity contribution in [3.05, 3.63) is 82.9 Å². The zero-order chi connectivity index (χ0) is 30.6. The number of benzene rings is 1. The van der Waals surface area contributed by atoms with Crippen molar-refractivity contribution in [3.63, 3.8) is 0 Å². The van der Waals surface area contributed by atoms with Crippen molar-refractivity contribution in [2.45, 2.75) is 65.0 Å². The molecular formula is C35H39FN4O3S. The molecule has 4 aliphatic rings. The summed E-state index contributed by atoms with van der Waals surface area (Å²) in [5, 5.41) is 19.5. The Balaban J connectivity index is 1.13. The molecule has 9 heteroatoms. The van der Waals surface area contributed by atoms with Gasteiger partial charge in [0.2, 0.25) is 0 Å². The van der Waals surface area contributed by atoms with Gasteiger partial charge >= 0.3 is 0 Å². The van der Waals surface area contributed by atoms with Crippen LogP contribution in [0.1, 0.15) is 73.1 Å². The Kier molecular flexibility index (Phi) is 7.52. The SMILES string of the molecule is CC12Cc3cnn(-c4cccc(C(=O)NCc5cccnc5)c4)c3C=C1CCC1C2C(O)CC2(C)C(C(=O)SCF)CCC12. The lowest BCUT2D eigenvalue weighted by atomic mass is 9.46. The van der Waals surface area contributed by atoms with Gasteiger partial charge in [0, 0.05) is 30.4 Å². The smallest absolute Gasteiger partial charge is 0.251 e. The number of halogens is 1. The molecule has 3 aromatic rings. The van der Waals surface area contributed by atoms with Crippen molar-refractivity contribution < 1.29 is 19.1 Å². The van der Waals surface area contributed by atoms with Crippen LogP contribution >= 0.6 is 11.8 Å². The lowest BCUT2D eigenvalue weighted by Crippen LogP contribution is -2.57. The number of rotatable bonds is 6. The van der Waals surface area contributed by atoms with Crippen molar-refractivity contribution in [1.29, 1.82) is 0 Å². The number of aliphatic hydroxyl groups excluding tert-OH is 1. The molecule has 1 aromatic carbocycles. The summed E-state index contributed by atoms with van der Waals surface area (Å²) in [6, 6.07) is 10.6. The third kappa shape index (κ3) is 4.74. The molecule has 3 fully saturated rings. The third-order valence-electron chi connectivity index (χ3n) is 11.4. The van der Waals surface area contributed by atoms with Crippen LogP contribution < -0.4 is 5.32 Å². The maximum Gasteiger partial charge on any atom is 0.251 e. The van der Waals surface area contributed by atoms with E-state index in [-0.39, 0.29) is 33.7 Å². The zero-order valence-electron chi connectivity index (χ0n) is 25.2. The van der Waals surface area contributed by atoms with Crippen molar-refractivity contribution in [2.75, 3.05) is 6.01 Å². The topological polar surface area (TPSA) is 97.1 Å². The first-order valence-electron chi connectivity index (χ1n) is 15.7. The van der Waals surface area contributed by atoms with E-state index in [4.69, 9.17) is 5.10 Å². The van der Waals surface area contributed by atoms with E-state index >= 15 is 0 Å². The molecule has 2 N–H and O–H groups in total. The van der Waals surface area contributed by atoms with E-state index < -0.39 is 12.1 Å². The summed E-state index contributed by atoms with van der Waals surface area (Å²) in [5.41, 5.74) is 5.38. The highest BCUT2D eigenvalue weighted by molar-refractivity contribution is 8.13. The summed E-state index contributed by atoms with van der Waals surface area (Å²) in [5.74, 6) is 0.458. The normalized spacial score (nSPS) is 32.1. The fourth-order valence-electron chi connectivity index (χ4n) is 9.50. The molecule has 3 saturated carbocycles. The van der Waals surface area contributed by atoms with Gasteiger partial charge in [0.1, 0.15) is 6.01 Å². The van der Waals surface area contributed by atoms with Gasteiger partial charge in [0.25, 0.3) is 5.91 Å². The largest absolute Gasteiger partial charge is 0.393 e. The zero-order valence-corrected chi connectivity index (χ0v) is 26.0. The summed E-state index contributed by atoms with van der Waals surface area (Å²) in [6.45, 7) is 4.89. The maximum absolute atomic E-state index is 13.1. The van der Waals surface area contributed by atoms with Crippen LogP contribution in [0.3, 0.4) is 0 Å². The van der Waals surface area contributed by atoms with E-state index in [9.17, 15) is 19.1 Å². The van der Waals surface area contributed by atoms with E-state index in [0.717, 1.165) is 66.4 Å². The second kappa shape index (κ2) is 11.2. The van der Waals surface area contributed by atoms with Crippen molar-refractivity contribution in [1.82, 2.24) is 20.1 Å². The molecule has 2 heterocycles. The number of nitrogens with zero attached hydrogens (tertiary/aromatic N) is 3. The lowest BCUT2D eigenvalue weighted by molar-refractivity contribution is -0.136.